The highest BCUT2D eigenvalue weighted by Gasteiger charge is 2.20. The minimum atomic E-state index is 0.161. The maximum atomic E-state index is 5.17. The van der Waals surface area contributed by atoms with Gasteiger partial charge in [0.05, 0.1) is 4.99 Å². The lowest BCUT2D eigenvalue weighted by Crippen LogP contribution is -2.30. The Morgan fingerprint density at radius 3 is 2.62 bits per heavy atom. The molecule has 0 aromatic rings. The highest BCUT2D eigenvalue weighted by atomic mass is 32.1. The van der Waals surface area contributed by atoms with Gasteiger partial charge in [-0.1, -0.05) is 64.2 Å². The van der Waals surface area contributed by atoms with Crippen LogP contribution >= 0.6 is 12.2 Å². The van der Waals surface area contributed by atoms with Crippen molar-refractivity contribution in [3.63, 3.8) is 0 Å². The Bertz CT molecular complexity index is 359. The lowest BCUT2D eigenvalue weighted by atomic mass is 9.89. The van der Waals surface area contributed by atoms with E-state index in [0.29, 0.717) is 0 Å². The number of piperidine rings is 1. The van der Waals surface area contributed by atoms with Crippen LogP contribution in [0.25, 0.3) is 0 Å². The van der Waals surface area contributed by atoms with E-state index in [1.807, 2.05) is 13.8 Å². The van der Waals surface area contributed by atoms with Crippen LogP contribution in [0.2, 0.25) is 0 Å². The molecule has 1 aliphatic heterocycles. The van der Waals surface area contributed by atoms with Crippen LogP contribution in [0.15, 0.2) is 35.5 Å². The second-order valence-electron chi connectivity index (χ2n) is 4.50. The first kappa shape index (κ1) is 13.2. The number of nitrogens with one attached hydrogen (secondary N) is 1. The highest BCUT2D eigenvalue weighted by molar-refractivity contribution is 7.80. The largest absolute Gasteiger partial charge is 0.375 e. The van der Waals surface area contributed by atoms with E-state index in [-0.39, 0.29) is 5.41 Å². The molecule has 1 nitrogen and oxygen atoms in total. The molecule has 0 radical (unpaired) electrons. The Kier molecular flexibility index (Phi) is 4.48. The zero-order valence-corrected chi connectivity index (χ0v) is 11.4. The van der Waals surface area contributed by atoms with Crippen molar-refractivity contribution in [1.82, 2.24) is 5.32 Å². The summed E-state index contributed by atoms with van der Waals surface area (Å²) >= 11 is 5.17. The van der Waals surface area contributed by atoms with Gasteiger partial charge in [0.1, 0.15) is 0 Å². The monoisotopic (exact) mass is 235 g/mol. The van der Waals surface area contributed by atoms with Crippen molar-refractivity contribution in [3.05, 3.63) is 35.5 Å². The predicted octanol–water partition coefficient (Wildman–Crippen LogP) is 3.78. The van der Waals surface area contributed by atoms with E-state index in [1.54, 1.807) is 0 Å². The minimum absolute atomic E-state index is 0.161. The molecule has 1 N–H and O–H groups in total. The molecule has 1 saturated heterocycles. The lowest BCUT2D eigenvalue weighted by Gasteiger charge is -2.23. The van der Waals surface area contributed by atoms with Crippen LogP contribution in [-0.4, -0.2) is 11.5 Å². The van der Waals surface area contributed by atoms with Crippen molar-refractivity contribution in [2.75, 3.05) is 6.54 Å². The first-order chi connectivity index (χ1) is 7.57. The Morgan fingerprint density at radius 2 is 1.94 bits per heavy atom. The van der Waals surface area contributed by atoms with E-state index >= 15 is 0 Å². The van der Waals surface area contributed by atoms with Crippen molar-refractivity contribution in [1.29, 1.82) is 0 Å². The number of hydrogen-bond acceptors (Lipinski definition) is 1. The van der Waals surface area contributed by atoms with Gasteiger partial charge in [-0.25, -0.2) is 0 Å². The fraction of sp³-hybridized carbons (Fsp3) is 0.500. The predicted molar refractivity (Wildman–Crippen MR) is 75.7 cm³/mol. The summed E-state index contributed by atoms with van der Waals surface area (Å²) in [6, 6.07) is 0. The van der Waals surface area contributed by atoms with Gasteiger partial charge in [0.2, 0.25) is 0 Å². The highest BCUT2D eigenvalue weighted by Crippen LogP contribution is 2.29. The van der Waals surface area contributed by atoms with Gasteiger partial charge in [-0.15, -0.1) is 0 Å². The number of fused-ring (bicyclic) bond motifs is 1. The molecule has 2 heteroatoms. The van der Waals surface area contributed by atoms with Gasteiger partial charge in [-0.2, -0.15) is 0 Å². The molecule has 1 fully saturated rings. The van der Waals surface area contributed by atoms with Gasteiger partial charge in [-0.05, 0) is 11.1 Å². The summed E-state index contributed by atoms with van der Waals surface area (Å²) in [5.41, 5.74) is 2.93. The van der Waals surface area contributed by atoms with Crippen LogP contribution < -0.4 is 5.32 Å². The Hall–Kier alpha value is -0.890. The molecule has 0 unspecified atom stereocenters. The van der Waals surface area contributed by atoms with Crippen LogP contribution in [0.1, 0.15) is 34.1 Å². The maximum Gasteiger partial charge on any atom is 0.0800 e. The van der Waals surface area contributed by atoms with Gasteiger partial charge >= 0.3 is 0 Å². The van der Waals surface area contributed by atoms with Crippen molar-refractivity contribution in [3.8, 4) is 0 Å². The minimum Gasteiger partial charge on any atom is -0.375 e. The molecule has 0 bridgehead atoms. The molecule has 88 valence electrons. The number of thiocarbonyl (C=S) groups is 1. The molecular formula is C14H21NS. The second-order valence-corrected chi connectivity index (χ2v) is 4.99. The van der Waals surface area contributed by atoms with Crippen LogP contribution in [-0.2, 0) is 0 Å². The number of rotatable bonds is 0. The quantitative estimate of drug-likeness (QED) is 0.641. The van der Waals surface area contributed by atoms with E-state index in [1.165, 1.54) is 11.1 Å². The zero-order chi connectivity index (χ0) is 12.2. The van der Waals surface area contributed by atoms with Crippen LogP contribution in [0.3, 0.4) is 0 Å². The topological polar surface area (TPSA) is 12.0 Å². The number of hydrogen-bond donors (Lipinski definition) is 1. The van der Waals surface area contributed by atoms with Gasteiger partial charge in [0, 0.05) is 18.4 Å². The van der Waals surface area contributed by atoms with Crippen LogP contribution in [0, 0.1) is 5.41 Å². The normalized spacial score (nSPS) is 21.6. The van der Waals surface area contributed by atoms with Gasteiger partial charge < -0.3 is 5.32 Å². The van der Waals surface area contributed by atoms with Gasteiger partial charge in [0.15, 0.2) is 0 Å². The molecule has 16 heavy (non-hydrogen) atoms. The van der Waals surface area contributed by atoms with E-state index in [2.05, 4.69) is 43.5 Å². The van der Waals surface area contributed by atoms with Crippen molar-refractivity contribution in [2.45, 2.75) is 34.1 Å². The fourth-order valence-corrected chi connectivity index (χ4v) is 2.10. The smallest absolute Gasteiger partial charge is 0.0800 e. The molecule has 0 atom stereocenters. The second kappa shape index (κ2) is 5.44. The lowest BCUT2D eigenvalue weighted by molar-refractivity contribution is 0.619. The van der Waals surface area contributed by atoms with E-state index < -0.39 is 0 Å². The van der Waals surface area contributed by atoms with Gasteiger partial charge in [-0.3, -0.25) is 0 Å². The van der Waals surface area contributed by atoms with Crippen molar-refractivity contribution < 1.29 is 0 Å². The summed E-state index contributed by atoms with van der Waals surface area (Å²) in [5.74, 6) is 0. The molecule has 1 aliphatic carbocycles. The average Bonchev–Trinajstić information content (AvgIpc) is 2.38. The Morgan fingerprint density at radius 1 is 1.25 bits per heavy atom. The molecule has 1 heterocycles. The molecule has 2 rings (SSSR count). The first-order valence-corrected chi connectivity index (χ1v) is 6.35. The fourth-order valence-electron chi connectivity index (χ4n) is 1.88. The summed E-state index contributed by atoms with van der Waals surface area (Å²) < 4.78 is 0. The molecule has 0 spiro atoms. The third-order valence-corrected chi connectivity index (χ3v) is 2.90. The maximum absolute atomic E-state index is 5.17. The first-order valence-electron chi connectivity index (χ1n) is 5.94. The average molecular weight is 235 g/mol. The zero-order valence-electron chi connectivity index (χ0n) is 10.6. The van der Waals surface area contributed by atoms with Crippen LogP contribution in [0.4, 0.5) is 0 Å². The van der Waals surface area contributed by atoms with Crippen molar-refractivity contribution >= 4 is 17.2 Å². The third kappa shape index (κ3) is 3.31. The van der Waals surface area contributed by atoms with E-state index in [0.717, 1.165) is 18.0 Å². The molecule has 0 aromatic carbocycles. The number of allylic oxidation sites excluding steroid dienone is 4. The summed E-state index contributed by atoms with van der Waals surface area (Å²) in [6.45, 7) is 9.33. The molecule has 2 aliphatic rings. The van der Waals surface area contributed by atoms with Crippen molar-refractivity contribution in [2.24, 2.45) is 5.41 Å². The van der Waals surface area contributed by atoms with Gasteiger partial charge in [0.25, 0.3) is 0 Å². The Balaban J connectivity index is 0.000000606. The van der Waals surface area contributed by atoms with E-state index in [9.17, 15) is 0 Å². The summed E-state index contributed by atoms with van der Waals surface area (Å²) in [6.07, 6.45) is 9.79. The SMILES string of the molecule is CC.CC1(C)C=CC=C2CC(=S)NCC2=C1. The van der Waals surface area contributed by atoms with Crippen LogP contribution in [0.5, 0.6) is 0 Å². The summed E-state index contributed by atoms with van der Waals surface area (Å²) in [7, 11) is 0. The standard InChI is InChI=1S/C12H15NS.C2H6/c1-12(2)5-3-4-9-6-11(14)13-8-10(9)7-12;1-2/h3-5,7H,6,8H2,1-2H3,(H,13,14);1-2H3. The summed E-state index contributed by atoms with van der Waals surface area (Å²) in [4.78, 5) is 0.960. The Labute approximate surface area is 104 Å². The third-order valence-electron chi connectivity index (χ3n) is 2.61. The molecule has 0 aromatic heterocycles. The summed E-state index contributed by atoms with van der Waals surface area (Å²) in [5, 5.41) is 3.24. The molecule has 0 saturated carbocycles. The van der Waals surface area contributed by atoms with E-state index in [4.69, 9.17) is 12.2 Å². The molecule has 0 amide bonds. The molecular weight excluding hydrogens is 214 g/mol.